The zero-order chi connectivity index (χ0) is 14.2. The first-order valence-electron chi connectivity index (χ1n) is 7.29. The van der Waals surface area contributed by atoms with E-state index >= 15 is 0 Å². The van der Waals surface area contributed by atoms with E-state index in [9.17, 15) is 0 Å². The zero-order valence-electron chi connectivity index (χ0n) is 12.4. The van der Waals surface area contributed by atoms with Crippen LogP contribution in [0.4, 0.5) is 0 Å². The van der Waals surface area contributed by atoms with Crippen LogP contribution >= 0.6 is 0 Å². The quantitative estimate of drug-likeness (QED) is 0.928. The van der Waals surface area contributed by atoms with E-state index in [0.29, 0.717) is 6.04 Å². The van der Waals surface area contributed by atoms with Gasteiger partial charge in [-0.2, -0.15) is 0 Å². The third kappa shape index (κ3) is 2.27. The average molecular weight is 270 g/mol. The first-order chi connectivity index (χ1) is 9.62. The second-order valence-electron chi connectivity index (χ2n) is 6.28. The highest BCUT2D eigenvalue weighted by atomic mass is 16.5. The highest BCUT2D eigenvalue weighted by molar-refractivity contribution is 5.84. The predicted molar refractivity (Wildman–Crippen MR) is 82.0 cm³/mol. The lowest BCUT2D eigenvalue weighted by Gasteiger charge is -2.30. The minimum absolute atomic E-state index is 0.223. The molecule has 1 fully saturated rings. The van der Waals surface area contributed by atoms with E-state index in [-0.39, 0.29) is 11.5 Å². The van der Waals surface area contributed by atoms with E-state index in [0.717, 1.165) is 23.1 Å². The maximum absolute atomic E-state index is 6.33. The van der Waals surface area contributed by atoms with E-state index in [1.807, 2.05) is 37.5 Å². The monoisotopic (exact) mass is 270 g/mol. The molecule has 1 N–H and O–H groups in total. The van der Waals surface area contributed by atoms with Crippen LogP contribution in [0.5, 0.6) is 5.75 Å². The fourth-order valence-electron chi connectivity index (χ4n) is 3.38. The normalized spacial score (nSPS) is 24.9. The number of aromatic nitrogens is 1. The third-order valence-electron chi connectivity index (χ3n) is 4.48. The van der Waals surface area contributed by atoms with Crippen LogP contribution in [0.2, 0.25) is 0 Å². The Hall–Kier alpha value is -1.61. The number of hydrogen-bond donors (Lipinski definition) is 1. The van der Waals surface area contributed by atoms with Gasteiger partial charge in [-0.05, 0) is 49.6 Å². The Morgan fingerprint density at radius 3 is 2.90 bits per heavy atom. The standard InChI is InChI=1S/C17H22N2O/c1-17(2)10-9-15(16(17)18-3)20-14-8-4-7-13-12(14)6-5-11-19-13/h4-8,11,15-16,18H,9-10H2,1-3H3. The highest BCUT2D eigenvalue weighted by Gasteiger charge is 2.42. The Labute approximate surface area is 120 Å². The number of benzene rings is 1. The van der Waals surface area contributed by atoms with Crippen molar-refractivity contribution in [2.45, 2.75) is 38.8 Å². The number of rotatable bonds is 3. The lowest BCUT2D eigenvalue weighted by molar-refractivity contribution is 0.147. The van der Waals surface area contributed by atoms with Crippen LogP contribution in [-0.4, -0.2) is 24.2 Å². The van der Waals surface area contributed by atoms with Gasteiger partial charge in [0, 0.05) is 17.6 Å². The van der Waals surface area contributed by atoms with Crippen molar-refractivity contribution in [2.24, 2.45) is 5.41 Å². The maximum Gasteiger partial charge on any atom is 0.129 e. The largest absolute Gasteiger partial charge is 0.488 e. The van der Waals surface area contributed by atoms with Crippen molar-refractivity contribution < 1.29 is 4.74 Å². The van der Waals surface area contributed by atoms with Gasteiger partial charge in [0.15, 0.2) is 0 Å². The molecule has 0 bridgehead atoms. The first kappa shape index (κ1) is 13.4. The van der Waals surface area contributed by atoms with Gasteiger partial charge in [0.05, 0.1) is 5.52 Å². The fourth-order valence-corrected chi connectivity index (χ4v) is 3.38. The van der Waals surface area contributed by atoms with E-state index in [1.54, 1.807) is 0 Å². The van der Waals surface area contributed by atoms with Gasteiger partial charge < -0.3 is 10.1 Å². The lowest BCUT2D eigenvalue weighted by atomic mass is 9.87. The third-order valence-corrected chi connectivity index (χ3v) is 4.48. The molecule has 0 radical (unpaired) electrons. The Morgan fingerprint density at radius 2 is 2.10 bits per heavy atom. The van der Waals surface area contributed by atoms with E-state index in [2.05, 4.69) is 30.2 Å². The highest BCUT2D eigenvalue weighted by Crippen LogP contribution is 2.40. The Kier molecular flexibility index (Phi) is 3.38. The average Bonchev–Trinajstić information content (AvgIpc) is 2.73. The number of fused-ring (bicyclic) bond motifs is 1. The summed E-state index contributed by atoms with van der Waals surface area (Å²) in [7, 11) is 2.03. The molecule has 1 aromatic heterocycles. The summed E-state index contributed by atoms with van der Waals surface area (Å²) in [5, 5.41) is 4.52. The molecule has 2 aromatic rings. The molecule has 20 heavy (non-hydrogen) atoms. The van der Waals surface area contributed by atoms with E-state index in [4.69, 9.17) is 4.74 Å². The first-order valence-corrected chi connectivity index (χ1v) is 7.29. The molecule has 1 saturated carbocycles. The summed E-state index contributed by atoms with van der Waals surface area (Å²) in [6.45, 7) is 4.62. The molecule has 106 valence electrons. The number of nitrogens with zero attached hydrogens (tertiary/aromatic N) is 1. The fraction of sp³-hybridized carbons (Fsp3) is 0.471. The second kappa shape index (κ2) is 5.06. The Morgan fingerprint density at radius 1 is 1.25 bits per heavy atom. The van der Waals surface area contributed by atoms with Crippen molar-refractivity contribution in [2.75, 3.05) is 7.05 Å². The topological polar surface area (TPSA) is 34.1 Å². The van der Waals surface area contributed by atoms with Crippen LogP contribution in [0.15, 0.2) is 36.5 Å². The number of pyridine rings is 1. The SMILES string of the molecule is CNC1C(Oc2cccc3ncccc23)CCC1(C)C. The summed E-state index contributed by atoms with van der Waals surface area (Å²) in [4.78, 5) is 4.39. The lowest BCUT2D eigenvalue weighted by Crippen LogP contribution is -2.44. The predicted octanol–water partition coefficient (Wildman–Crippen LogP) is 3.39. The second-order valence-corrected chi connectivity index (χ2v) is 6.28. The van der Waals surface area contributed by atoms with Crippen molar-refractivity contribution >= 4 is 10.9 Å². The van der Waals surface area contributed by atoms with E-state index in [1.165, 1.54) is 6.42 Å². The van der Waals surface area contributed by atoms with Gasteiger partial charge in [-0.15, -0.1) is 0 Å². The molecule has 0 amide bonds. The van der Waals surface area contributed by atoms with Gasteiger partial charge in [-0.25, -0.2) is 0 Å². The Bertz CT molecular complexity index is 603. The summed E-state index contributed by atoms with van der Waals surface area (Å²) in [6.07, 6.45) is 4.32. The van der Waals surface area contributed by atoms with Crippen LogP contribution in [0, 0.1) is 5.41 Å². The van der Waals surface area contributed by atoms with Gasteiger partial charge in [-0.3, -0.25) is 4.98 Å². The van der Waals surface area contributed by atoms with Crippen molar-refractivity contribution in [3.8, 4) is 5.75 Å². The van der Waals surface area contributed by atoms with Crippen LogP contribution in [-0.2, 0) is 0 Å². The molecule has 0 aliphatic heterocycles. The molecule has 1 aliphatic rings. The summed E-state index contributed by atoms with van der Waals surface area (Å²) in [6, 6.07) is 10.5. The molecule has 3 heteroatoms. The minimum Gasteiger partial charge on any atom is -0.488 e. The zero-order valence-corrected chi connectivity index (χ0v) is 12.4. The molecule has 3 nitrogen and oxygen atoms in total. The van der Waals surface area contributed by atoms with Crippen LogP contribution in [0.25, 0.3) is 10.9 Å². The van der Waals surface area contributed by atoms with Crippen LogP contribution in [0.3, 0.4) is 0 Å². The summed E-state index contributed by atoms with van der Waals surface area (Å²) < 4.78 is 6.33. The van der Waals surface area contributed by atoms with E-state index < -0.39 is 0 Å². The molecule has 2 atom stereocenters. The molecule has 0 spiro atoms. The van der Waals surface area contributed by atoms with Gasteiger partial charge in [0.1, 0.15) is 11.9 Å². The van der Waals surface area contributed by atoms with Crippen LogP contribution < -0.4 is 10.1 Å². The van der Waals surface area contributed by atoms with Crippen molar-refractivity contribution in [3.05, 3.63) is 36.5 Å². The summed E-state index contributed by atoms with van der Waals surface area (Å²) in [5.41, 5.74) is 1.27. The number of ether oxygens (including phenoxy) is 1. The van der Waals surface area contributed by atoms with Gasteiger partial charge in [0.25, 0.3) is 0 Å². The van der Waals surface area contributed by atoms with Crippen molar-refractivity contribution in [1.82, 2.24) is 10.3 Å². The van der Waals surface area contributed by atoms with Gasteiger partial charge >= 0.3 is 0 Å². The number of nitrogens with one attached hydrogen (secondary N) is 1. The van der Waals surface area contributed by atoms with Crippen molar-refractivity contribution in [1.29, 1.82) is 0 Å². The van der Waals surface area contributed by atoms with Gasteiger partial charge in [0.2, 0.25) is 0 Å². The van der Waals surface area contributed by atoms with Gasteiger partial charge in [-0.1, -0.05) is 19.9 Å². The van der Waals surface area contributed by atoms with Crippen LogP contribution in [0.1, 0.15) is 26.7 Å². The molecule has 1 aromatic carbocycles. The number of likely N-dealkylation sites (N-methyl/N-ethyl adjacent to an activating group) is 1. The molecular weight excluding hydrogens is 248 g/mol. The molecule has 1 aliphatic carbocycles. The molecular formula is C17H22N2O. The summed E-state index contributed by atoms with van der Waals surface area (Å²) >= 11 is 0. The Balaban J connectivity index is 1.90. The molecule has 3 rings (SSSR count). The number of hydrogen-bond acceptors (Lipinski definition) is 3. The summed E-state index contributed by atoms with van der Waals surface area (Å²) in [5.74, 6) is 0.943. The smallest absolute Gasteiger partial charge is 0.129 e. The minimum atomic E-state index is 0.223. The maximum atomic E-state index is 6.33. The van der Waals surface area contributed by atoms with Crippen molar-refractivity contribution in [3.63, 3.8) is 0 Å². The molecule has 1 heterocycles. The molecule has 2 unspecified atom stereocenters. The molecule has 0 saturated heterocycles.